The summed E-state index contributed by atoms with van der Waals surface area (Å²) in [7, 11) is 0. The van der Waals surface area contributed by atoms with Crippen molar-refractivity contribution in [2.24, 2.45) is 11.1 Å². The molecule has 0 radical (unpaired) electrons. The first-order valence-corrected chi connectivity index (χ1v) is 9.86. The molecule has 2 fully saturated rings. The smallest absolute Gasteiger partial charge is 0.254 e. The largest absolute Gasteiger partial charge is 0.392 e. The molecule has 28 heavy (non-hydrogen) atoms. The molecule has 7 heteroatoms. The number of hydrogen-bond donors (Lipinski definition) is 2. The topological polar surface area (TPSA) is 86.9 Å². The number of benzene rings is 1. The third-order valence-electron chi connectivity index (χ3n) is 6.12. The molecule has 0 unspecified atom stereocenters. The molecule has 2 aliphatic rings. The van der Waals surface area contributed by atoms with E-state index in [1.807, 2.05) is 0 Å². The van der Waals surface area contributed by atoms with Gasteiger partial charge in [-0.05, 0) is 57.7 Å². The first kappa shape index (κ1) is 20.7. The second-order valence-corrected chi connectivity index (χ2v) is 8.86. The van der Waals surface area contributed by atoms with E-state index in [0.717, 1.165) is 12.8 Å². The molecule has 0 aromatic heterocycles. The third-order valence-corrected chi connectivity index (χ3v) is 6.12. The predicted molar refractivity (Wildman–Crippen MR) is 104 cm³/mol. The Hall–Kier alpha value is -1.99. The quantitative estimate of drug-likeness (QED) is 0.803. The lowest BCUT2D eigenvalue weighted by molar-refractivity contribution is -0.146. The Balaban J connectivity index is 1.83. The van der Waals surface area contributed by atoms with Crippen LogP contribution in [0, 0.1) is 18.2 Å². The molecular weight excluding hydrogens is 361 g/mol. The molecule has 1 aromatic carbocycles. The number of likely N-dealkylation sites (tertiary alicyclic amines) is 2. The molecule has 2 heterocycles. The predicted octanol–water partition coefficient (Wildman–Crippen LogP) is 1.69. The van der Waals surface area contributed by atoms with Gasteiger partial charge in [-0.25, -0.2) is 4.39 Å². The van der Waals surface area contributed by atoms with Crippen molar-refractivity contribution in [2.45, 2.75) is 51.7 Å². The first-order valence-electron chi connectivity index (χ1n) is 9.86. The first-order chi connectivity index (χ1) is 13.0. The molecule has 2 atom stereocenters. The van der Waals surface area contributed by atoms with Gasteiger partial charge in [-0.2, -0.15) is 0 Å². The number of carbonyl (C=O) groups is 2. The number of rotatable bonds is 2. The van der Waals surface area contributed by atoms with Crippen molar-refractivity contribution < 1.29 is 19.1 Å². The molecule has 2 aliphatic heterocycles. The van der Waals surface area contributed by atoms with Crippen LogP contribution in [0.15, 0.2) is 18.2 Å². The van der Waals surface area contributed by atoms with Gasteiger partial charge in [0.2, 0.25) is 5.91 Å². The lowest BCUT2D eigenvalue weighted by Gasteiger charge is -2.51. The van der Waals surface area contributed by atoms with Crippen LogP contribution < -0.4 is 5.73 Å². The zero-order valence-corrected chi connectivity index (χ0v) is 16.9. The summed E-state index contributed by atoms with van der Waals surface area (Å²) in [5.41, 5.74) is 5.11. The maximum Gasteiger partial charge on any atom is 0.254 e. The number of halogens is 1. The summed E-state index contributed by atoms with van der Waals surface area (Å²) in [6.45, 7) is 6.69. The van der Waals surface area contributed by atoms with Crippen molar-refractivity contribution in [1.29, 1.82) is 0 Å². The molecule has 6 nitrogen and oxygen atoms in total. The highest BCUT2D eigenvalue weighted by Crippen LogP contribution is 2.39. The molecule has 1 spiro atoms. The third kappa shape index (κ3) is 3.78. The van der Waals surface area contributed by atoms with Crippen molar-refractivity contribution in [3.63, 3.8) is 0 Å². The van der Waals surface area contributed by atoms with Gasteiger partial charge in [0.15, 0.2) is 0 Å². The van der Waals surface area contributed by atoms with Crippen LogP contribution >= 0.6 is 0 Å². The summed E-state index contributed by atoms with van der Waals surface area (Å²) in [6.07, 6.45) is 1.32. The molecule has 0 aliphatic carbocycles. The Morgan fingerprint density at radius 1 is 1.25 bits per heavy atom. The number of aliphatic hydroxyl groups is 1. The van der Waals surface area contributed by atoms with Crippen molar-refractivity contribution >= 4 is 11.8 Å². The fourth-order valence-electron chi connectivity index (χ4n) is 4.47. The zero-order chi connectivity index (χ0) is 20.7. The molecule has 2 amide bonds. The highest BCUT2D eigenvalue weighted by atomic mass is 19.1. The Kier molecular flexibility index (Phi) is 5.51. The minimum atomic E-state index is -0.980. The van der Waals surface area contributed by atoms with E-state index >= 15 is 0 Å². The fraction of sp³-hybridized carbons (Fsp3) is 0.619. The highest BCUT2D eigenvalue weighted by molar-refractivity contribution is 5.95. The maximum absolute atomic E-state index is 13.9. The van der Waals surface area contributed by atoms with Crippen LogP contribution in [-0.4, -0.2) is 64.5 Å². The number of aliphatic hydroxyl groups excluding tert-OH is 1. The number of nitrogens with zero attached hydrogens (tertiary/aromatic N) is 2. The molecule has 0 bridgehead atoms. The van der Waals surface area contributed by atoms with Crippen molar-refractivity contribution in [1.82, 2.24) is 9.80 Å². The zero-order valence-electron chi connectivity index (χ0n) is 16.9. The summed E-state index contributed by atoms with van der Waals surface area (Å²) in [5.74, 6) is -0.786. The standard InChI is InChI=1S/C21H30FN3O3/c1-14-15(6-4-7-16(14)22)18(27)24-10-5-9-21(12-24)13-25(11-8-17(21)26)19(28)20(2,3)23/h4,6-7,17,26H,5,8-13,23H2,1-3H3/t17-,21+/m1/s1. The minimum absolute atomic E-state index is 0.150. The molecular formula is C21H30FN3O3. The second-order valence-electron chi connectivity index (χ2n) is 8.86. The molecule has 2 saturated heterocycles. The summed E-state index contributed by atoms with van der Waals surface area (Å²) < 4.78 is 13.9. The van der Waals surface area contributed by atoms with Crippen molar-refractivity contribution in [3.05, 3.63) is 35.1 Å². The average molecular weight is 391 g/mol. The van der Waals surface area contributed by atoms with Crippen molar-refractivity contribution in [2.75, 3.05) is 26.2 Å². The molecule has 3 N–H and O–H groups in total. The average Bonchev–Trinajstić information content (AvgIpc) is 2.64. The van der Waals surface area contributed by atoms with Crippen LogP contribution in [0.2, 0.25) is 0 Å². The van der Waals surface area contributed by atoms with Gasteiger partial charge in [-0.3, -0.25) is 9.59 Å². The van der Waals surface area contributed by atoms with Gasteiger partial charge in [0.05, 0.1) is 11.6 Å². The van der Waals surface area contributed by atoms with Gasteiger partial charge in [-0.15, -0.1) is 0 Å². The van der Waals surface area contributed by atoms with Gasteiger partial charge in [-0.1, -0.05) is 6.07 Å². The Morgan fingerprint density at radius 3 is 2.61 bits per heavy atom. The lowest BCUT2D eigenvalue weighted by Crippen LogP contribution is -2.63. The Bertz CT molecular complexity index is 777. The summed E-state index contributed by atoms with van der Waals surface area (Å²) in [5, 5.41) is 10.8. The van der Waals surface area contributed by atoms with Crippen LogP contribution in [0.4, 0.5) is 4.39 Å². The Morgan fingerprint density at radius 2 is 1.93 bits per heavy atom. The van der Waals surface area contributed by atoms with E-state index in [0.29, 0.717) is 43.7 Å². The van der Waals surface area contributed by atoms with Gasteiger partial charge >= 0.3 is 0 Å². The molecule has 0 saturated carbocycles. The van der Waals surface area contributed by atoms with E-state index < -0.39 is 22.9 Å². The lowest BCUT2D eigenvalue weighted by atomic mass is 9.71. The van der Waals surface area contributed by atoms with E-state index in [4.69, 9.17) is 5.73 Å². The van der Waals surface area contributed by atoms with E-state index in [2.05, 4.69) is 0 Å². The van der Waals surface area contributed by atoms with E-state index in [1.165, 1.54) is 12.1 Å². The van der Waals surface area contributed by atoms with Gasteiger partial charge in [0.25, 0.3) is 5.91 Å². The monoisotopic (exact) mass is 391 g/mol. The number of amides is 2. The molecule has 3 rings (SSSR count). The van der Waals surface area contributed by atoms with Gasteiger partial charge in [0.1, 0.15) is 5.82 Å². The van der Waals surface area contributed by atoms with Crippen LogP contribution in [-0.2, 0) is 4.79 Å². The van der Waals surface area contributed by atoms with Crippen LogP contribution in [0.5, 0.6) is 0 Å². The van der Waals surface area contributed by atoms with Crippen LogP contribution in [0.1, 0.15) is 49.0 Å². The normalized spacial score (nSPS) is 25.9. The van der Waals surface area contributed by atoms with Gasteiger partial charge in [0, 0.05) is 37.2 Å². The van der Waals surface area contributed by atoms with Crippen LogP contribution in [0.3, 0.4) is 0 Å². The van der Waals surface area contributed by atoms with Gasteiger partial charge < -0.3 is 20.6 Å². The molecule has 154 valence electrons. The Labute approximate surface area is 165 Å². The summed E-state index contributed by atoms with van der Waals surface area (Å²) in [6, 6.07) is 4.51. The second kappa shape index (κ2) is 7.44. The highest BCUT2D eigenvalue weighted by Gasteiger charge is 2.48. The van der Waals surface area contributed by atoms with E-state index in [9.17, 15) is 19.1 Å². The SMILES string of the molecule is Cc1c(F)cccc1C(=O)N1CCC[C@]2(C1)CN(C(=O)C(C)(C)N)CC[C@H]2O. The fourth-order valence-corrected chi connectivity index (χ4v) is 4.47. The van der Waals surface area contributed by atoms with E-state index in [1.54, 1.807) is 36.6 Å². The number of piperidine rings is 2. The van der Waals surface area contributed by atoms with Crippen LogP contribution in [0.25, 0.3) is 0 Å². The summed E-state index contributed by atoms with van der Waals surface area (Å²) >= 11 is 0. The number of hydrogen-bond acceptors (Lipinski definition) is 4. The van der Waals surface area contributed by atoms with Crippen molar-refractivity contribution in [3.8, 4) is 0 Å². The summed E-state index contributed by atoms with van der Waals surface area (Å²) in [4.78, 5) is 29.1. The number of carbonyl (C=O) groups excluding carboxylic acids is 2. The maximum atomic E-state index is 13.9. The van der Waals surface area contributed by atoms with E-state index in [-0.39, 0.29) is 11.8 Å². The molecule has 1 aromatic rings. The minimum Gasteiger partial charge on any atom is -0.392 e. The number of nitrogens with two attached hydrogens (primary N) is 1.